The van der Waals surface area contributed by atoms with Gasteiger partial charge in [-0.2, -0.15) is 0 Å². The number of benzene rings is 1. The maximum absolute atomic E-state index is 10.9. The highest BCUT2D eigenvalue weighted by Crippen LogP contribution is 2.26. The van der Waals surface area contributed by atoms with Gasteiger partial charge in [-0.25, -0.2) is 4.98 Å². The molecule has 0 unspecified atom stereocenters. The lowest BCUT2D eigenvalue weighted by Gasteiger charge is -2.06. The summed E-state index contributed by atoms with van der Waals surface area (Å²) in [4.78, 5) is 14.9. The number of nitrogens with one attached hydrogen (secondary N) is 1. The number of aromatic nitrogens is 1. The van der Waals surface area contributed by atoms with Crippen LogP contribution < -0.4 is 5.32 Å². The summed E-state index contributed by atoms with van der Waals surface area (Å²) in [7, 11) is 0. The Bertz CT molecular complexity index is 599. The fourth-order valence-electron chi connectivity index (χ4n) is 1.66. The molecule has 2 rings (SSSR count). The second-order valence-corrected chi connectivity index (χ2v) is 4.81. The zero-order valence-corrected chi connectivity index (χ0v) is 11.8. The Morgan fingerprint density at radius 1 is 1.32 bits per heavy atom. The predicted octanol–water partition coefficient (Wildman–Crippen LogP) is 3.85. The maximum Gasteiger partial charge on any atom is 0.275 e. The van der Waals surface area contributed by atoms with E-state index in [4.69, 9.17) is 0 Å². The lowest BCUT2D eigenvalue weighted by molar-refractivity contribution is -0.384. The zero-order chi connectivity index (χ0) is 13.8. The molecule has 0 atom stereocenters. The fourth-order valence-corrected chi connectivity index (χ4v) is 1.93. The van der Waals surface area contributed by atoms with Crippen LogP contribution in [0, 0.1) is 10.1 Å². The molecule has 1 N–H and O–H groups in total. The van der Waals surface area contributed by atoms with Gasteiger partial charge in [-0.1, -0.05) is 28.1 Å². The normalized spacial score (nSPS) is 10.2. The van der Waals surface area contributed by atoms with Crippen molar-refractivity contribution >= 4 is 27.4 Å². The molecule has 0 saturated carbocycles. The summed E-state index contributed by atoms with van der Waals surface area (Å²) in [6, 6.07) is 10.4. The number of nitrogens with zero attached hydrogens (tertiary/aromatic N) is 2. The summed E-state index contributed by atoms with van der Waals surface area (Å²) in [6.45, 7) is 2.58. The molecule has 2 aromatic rings. The Morgan fingerprint density at radius 2 is 2.00 bits per heavy atom. The molecule has 0 amide bonds. The van der Waals surface area contributed by atoms with Crippen molar-refractivity contribution in [2.75, 3.05) is 11.9 Å². The monoisotopic (exact) mass is 321 g/mol. The number of pyridine rings is 1. The molecule has 0 saturated heterocycles. The minimum Gasteiger partial charge on any atom is -0.370 e. The van der Waals surface area contributed by atoms with Gasteiger partial charge in [0, 0.05) is 22.6 Å². The first-order valence-corrected chi connectivity index (χ1v) is 6.55. The van der Waals surface area contributed by atoms with Gasteiger partial charge < -0.3 is 5.32 Å². The third kappa shape index (κ3) is 3.29. The Hall–Kier alpha value is -1.95. The van der Waals surface area contributed by atoms with Crippen molar-refractivity contribution in [1.29, 1.82) is 0 Å². The van der Waals surface area contributed by atoms with E-state index < -0.39 is 4.92 Å². The zero-order valence-electron chi connectivity index (χ0n) is 10.3. The third-order valence-corrected chi connectivity index (χ3v) is 3.05. The molecule has 0 bridgehead atoms. The lowest BCUT2D eigenvalue weighted by atomic mass is 10.1. The summed E-state index contributed by atoms with van der Waals surface area (Å²) in [5.41, 5.74) is 1.45. The molecular weight excluding hydrogens is 310 g/mol. The van der Waals surface area contributed by atoms with E-state index in [0.29, 0.717) is 18.1 Å². The van der Waals surface area contributed by atoms with Crippen LogP contribution in [0.25, 0.3) is 11.3 Å². The van der Waals surface area contributed by atoms with E-state index in [1.54, 1.807) is 0 Å². The molecule has 1 heterocycles. The molecule has 0 radical (unpaired) electrons. The van der Waals surface area contributed by atoms with Gasteiger partial charge in [0.05, 0.1) is 16.7 Å². The minimum atomic E-state index is -0.412. The minimum absolute atomic E-state index is 0.0314. The SMILES string of the molecule is CCNc1cc([N+](=O)[O-])cc(-c2ccc(Br)cc2)n1. The summed E-state index contributed by atoms with van der Waals surface area (Å²) >= 11 is 3.35. The van der Waals surface area contributed by atoms with Gasteiger partial charge >= 0.3 is 0 Å². The molecule has 0 aliphatic carbocycles. The van der Waals surface area contributed by atoms with Gasteiger partial charge in [0.25, 0.3) is 5.69 Å². The molecule has 5 nitrogen and oxygen atoms in total. The molecule has 1 aromatic heterocycles. The van der Waals surface area contributed by atoms with Gasteiger partial charge in [0.15, 0.2) is 0 Å². The predicted molar refractivity (Wildman–Crippen MR) is 78.2 cm³/mol. The highest BCUT2D eigenvalue weighted by atomic mass is 79.9. The third-order valence-electron chi connectivity index (χ3n) is 2.52. The van der Waals surface area contributed by atoms with Crippen LogP contribution in [0.3, 0.4) is 0 Å². The van der Waals surface area contributed by atoms with Gasteiger partial charge in [0.2, 0.25) is 0 Å². The summed E-state index contributed by atoms with van der Waals surface area (Å²) in [6.07, 6.45) is 0. The molecule has 1 aromatic carbocycles. The highest BCUT2D eigenvalue weighted by Gasteiger charge is 2.12. The molecular formula is C13H12BrN3O2. The van der Waals surface area contributed by atoms with Crippen molar-refractivity contribution < 1.29 is 4.92 Å². The van der Waals surface area contributed by atoms with Crippen LogP contribution in [0.15, 0.2) is 40.9 Å². The van der Waals surface area contributed by atoms with Crippen LogP contribution in [0.4, 0.5) is 11.5 Å². The number of nitro groups is 1. The molecule has 0 aliphatic rings. The van der Waals surface area contributed by atoms with Crippen molar-refractivity contribution in [1.82, 2.24) is 4.98 Å². The first-order valence-electron chi connectivity index (χ1n) is 5.76. The van der Waals surface area contributed by atoms with Crippen LogP contribution in [0.1, 0.15) is 6.92 Å². The van der Waals surface area contributed by atoms with Crippen LogP contribution in [-0.2, 0) is 0 Å². The number of hydrogen-bond acceptors (Lipinski definition) is 4. The topological polar surface area (TPSA) is 68.1 Å². The van der Waals surface area contributed by atoms with Crippen molar-refractivity contribution in [3.8, 4) is 11.3 Å². The first kappa shape index (κ1) is 13.5. The Balaban J connectivity index is 2.49. The molecule has 0 fully saturated rings. The van der Waals surface area contributed by atoms with E-state index in [1.807, 2.05) is 31.2 Å². The molecule has 0 aliphatic heterocycles. The Morgan fingerprint density at radius 3 is 2.58 bits per heavy atom. The van der Waals surface area contributed by atoms with Crippen molar-refractivity contribution in [3.05, 3.63) is 51.0 Å². The van der Waals surface area contributed by atoms with E-state index in [1.165, 1.54) is 12.1 Å². The van der Waals surface area contributed by atoms with Crippen LogP contribution in [-0.4, -0.2) is 16.5 Å². The van der Waals surface area contributed by atoms with Gasteiger partial charge in [-0.15, -0.1) is 0 Å². The number of anilines is 1. The number of hydrogen-bond donors (Lipinski definition) is 1. The van der Waals surface area contributed by atoms with Crippen LogP contribution >= 0.6 is 15.9 Å². The second-order valence-electron chi connectivity index (χ2n) is 3.89. The summed E-state index contributed by atoms with van der Waals surface area (Å²) < 4.78 is 0.952. The van der Waals surface area contributed by atoms with Gasteiger partial charge in [-0.3, -0.25) is 10.1 Å². The quantitative estimate of drug-likeness (QED) is 0.686. The van der Waals surface area contributed by atoms with E-state index in [9.17, 15) is 10.1 Å². The largest absolute Gasteiger partial charge is 0.370 e. The smallest absolute Gasteiger partial charge is 0.275 e. The van der Waals surface area contributed by atoms with Gasteiger partial charge in [-0.05, 0) is 19.1 Å². The average Bonchev–Trinajstić information content (AvgIpc) is 2.39. The van der Waals surface area contributed by atoms with Crippen molar-refractivity contribution in [2.24, 2.45) is 0 Å². The standard InChI is InChI=1S/C13H12BrN3O2/c1-2-15-13-8-11(17(18)19)7-12(16-13)9-3-5-10(14)6-4-9/h3-8H,2H2,1H3,(H,15,16). The van der Waals surface area contributed by atoms with E-state index in [2.05, 4.69) is 26.2 Å². The van der Waals surface area contributed by atoms with E-state index in [-0.39, 0.29) is 5.69 Å². The summed E-state index contributed by atoms with van der Waals surface area (Å²) in [5, 5.41) is 13.9. The van der Waals surface area contributed by atoms with Crippen molar-refractivity contribution in [3.63, 3.8) is 0 Å². The molecule has 6 heteroatoms. The lowest BCUT2D eigenvalue weighted by Crippen LogP contribution is -2.01. The maximum atomic E-state index is 10.9. The molecule has 19 heavy (non-hydrogen) atoms. The second kappa shape index (κ2) is 5.79. The summed E-state index contributed by atoms with van der Waals surface area (Å²) in [5.74, 6) is 0.509. The number of rotatable bonds is 4. The Labute approximate surface area is 119 Å². The van der Waals surface area contributed by atoms with E-state index >= 15 is 0 Å². The number of halogens is 1. The highest BCUT2D eigenvalue weighted by molar-refractivity contribution is 9.10. The van der Waals surface area contributed by atoms with Crippen LogP contribution in [0.5, 0.6) is 0 Å². The first-order chi connectivity index (χ1) is 9.10. The average molecular weight is 322 g/mol. The van der Waals surface area contributed by atoms with E-state index in [0.717, 1.165) is 10.0 Å². The van der Waals surface area contributed by atoms with Gasteiger partial charge in [0.1, 0.15) is 5.82 Å². The molecule has 98 valence electrons. The molecule has 0 spiro atoms. The Kier molecular flexibility index (Phi) is 4.11. The van der Waals surface area contributed by atoms with Crippen molar-refractivity contribution in [2.45, 2.75) is 6.92 Å². The fraction of sp³-hybridized carbons (Fsp3) is 0.154. The van der Waals surface area contributed by atoms with Crippen LogP contribution in [0.2, 0.25) is 0 Å².